The SMILES string of the molecule is COC[C@H]1CN(C)CC[C@H]1N. The molecule has 0 aromatic carbocycles. The number of hydrogen-bond acceptors (Lipinski definition) is 3. The minimum atomic E-state index is 0.339. The molecular formula is C8H18N2O. The predicted molar refractivity (Wildman–Crippen MR) is 45.5 cm³/mol. The molecule has 0 aromatic rings. The van der Waals surface area contributed by atoms with Gasteiger partial charge in [-0.15, -0.1) is 0 Å². The molecule has 0 radical (unpaired) electrons. The molecule has 0 aromatic heterocycles. The van der Waals surface area contributed by atoms with E-state index in [0.717, 1.165) is 26.1 Å². The Labute approximate surface area is 68.5 Å². The molecule has 1 aliphatic heterocycles. The van der Waals surface area contributed by atoms with Gasteiger partial charge in [-0.25, -0.2) is 0 Å². The van der Waals surface area contributed by atoms with Crippen LogP contribution in [0.4, 0.5) is 0 Å². The van der Waals surface area contributed by atoms with Crippen molar-refractivity contribution in [3.8, 4) is 0 Å². The van der Waals surface area contributed by atoms with Crippen molar-refractivity contribution in [1.82, 2.24) is 4.90 Å². The highest BCUT2D eigenvalue weighted by Crippen LogP contribution is 2.13. The van der Waals surface area contributed by atoms with Crippen molar-refractivity contribution in [3.05, 3.63) is 0 Å². The number of rotatable bonds is 2. The first-order valence-corrected chi connectivity index (χ1v) is 4.17. The van der Waals surface area contributed by atoms with Gasteiger partial charge in [-0.2, -0.15) is 0 Å². The number of likely N-dealkylation sites (tertiary alicyclic amines) is 1. The summed E-state index contributed by atoms with van der Waals surface area (Å²) in [5, 5.41) is 0. The lowest BCUT2D eigenvalue weighted by molar-refractivity contribution is 0.0884. The van der Waals surface area contributed by atoms with Crippen molar-refractivity contribution in [2.45, 2.75) is 12.5 Å². The Morgan fingerprint density at radius 3 is 3.00 bits per heavy atom. The quantitative estimate of drug-likeness (QED) is 0.610. The van der Waals surface area contributed by atoms with E-state index in [4.69, 9.17) is 10.5 Å². The van der Waals surface area contributed by atoms with E-state index in [9.17, 15) is 0 Å². The molecular weight excluding hydrogens is 140 g/mol. The van der Waals surface area contributed by atoms with Gasteiger partial charge in [-0.3, -0.25) is 0 Å². The van der Waals surface area contributed by atoms with Crippen LogP contribution in [0.2, 0.25) is 0 Å². The van der Waals surface area contributed by atoms with Gasteiger partial charge < -0.3 is 15.4 Å². The lowest BCUT2D eigenvalue weighted by atomic mass is 9.94. The van der Waals surface area contributed by atoms with Crippen molar-refractivity contribution in [2.75, 3.05) is 33.9 Å². The van der Waals surface area contributed by atoms with Crippen LogP contribution in [0.15, 0.2) is 0 Å². The second-order valence-corrected chi connectivity index (χ2v) is 3.43. The summed E-state index contributed by atoms with van der Waals surface area (Å²) in [6, 6.07) is 0.339. The molecule has 0 spiro atoms. The van der Waals surface area contributed by atoms with Gasteiger partial charge in [-0.1, -0.05) is 0 Å². The summed E-state index contributed by atoms with van der Waals surface area (Å²) in [7, 11) is 3.87. The Morgan fingerprint density at radius 1 is 1.64 bits per heavy atom. The third-order valence-corrected chi connectivity index (χ3v) is 2.38. The lowest BCUT2D eigenvalue weighted by Crippen LogP contribution is -2.47. The first kappa shape index (κ1) is 8.97. The average Bonchev–Trinajstić information content (AvgIpc) is 1.98. The van der Waals surface area contributed by atoms with Gasteiger partial charge in [0.2, 0.25) is 0 Å². The molecule has 11 heavy (non-hydrogen) atoms. The van der Waals surface area contributed by atoms with E-state index in [1.54, 1.807) is 7.11 Å². The Bertz CT molecular complexity index is 119. The van der Waals surface area contributed by atoms with Crippen molar-refractivity contribution in [3.63, 3.8) is 0 Å². The van der Waals surface area contributed by atoms with Crippen molar-refractivity contribution in [1.29, 1.82) is 0 Å². The molecule has 3 nitrogen and oxygen atoms in total. The van der Waals surface area contributed by atoms with Gasteiger partial charge in [0.05, 0.1) is 6.61 Å². The molecule has 1 rings (SSSR count). The maximum atomic E-state index is 5.92. The van der Waals surface area contributed by atoms with Gasteiger partial charge in [0.1, 0.15) is 0 Å². The van der Waals surface area contributed by atoms with E-state index in [1.807, 2.05) is 0 Å². The van der Waals surface area contributed by atoms with Crippen LogP contribution < -0.4 is 5.73 Å². The molecule has 0 aliphatic carbocycles. The zero-order chi connectivity index (χ0) is 8.27. The van der Waals surface area contributed by atoms with Crippen LogP contribution in [0, 0.1) is 5.92 Å². The summed E-state index contributed by atoms with van der Waals surface area (Å²) in [5.74, 6) is 0.527. The third-order valence-electron chi connectivity index (χ3n) is 2.38. The molecule has 0 bridgehead atoms. The molecule has 1 aliphatic rings. The summed E-state index contributed by atoms with van der Waals surface area (Å²) in [6.07, 6.45) is 1.10. The van der Waals surface area contributed by atoms with Gasteiger partial charge in [0.25, 0.3) is 0 Å². The first-order chi connectivity index (χ1) is 5.24. The van der Waals surface area contributed by atoms with E-state index < -0.39 is 0 Å². The molecule has 66 valence electrons. The van der Waals surface area contributed by atoms with Crippen LogP contribution in [0.3, 0.4) is 0 Å². The number of methoxy groups -OCH3 is 1. The second kappa shape index (κ2) is 4.04. The number of piperidine rings is 1. The molecule has 0 unspecified atom stereocenters. The summed E-state index contributed by atoms with van der Waals surface area (Å²) >= 11 is 0. The van der Waals surface area contributed by atoms with Crippen LogP contribution in [0.25, 0.3) is 0 Å². The topological polar surface area (TPSA) is 38.5 Å². The summed E-state index contributed by atoms with van der Waals surface area (Å²) in [5.41, 5.74) is 5.92. The third kappa shape index (κ3) is 2.43. The van der Waals surface area contributed by atoms with Crippen LogP contribution in [-0.4, -0.2) is 44.8 Å². The highest BCUT2D eigenvalue weighted by Gasteiger charge is 2.24. The normalized spacial score (nSPS) is 34.1. The van der Waals surface area contributed by atoms with Crippen LogP contribution in [0.5, 0.6) is 0 Å². The van der Waals surface area contributed by atoms with Gasteiger partial charge >= 0.3 is 0 Å². The van der Waals surface area contributed by atoms with Crippen LogP contribution in [-0.2, 0) is 4.74 Å². The Balaban J connectivity index is 2.34. The maximum Gasteiger partial charge on any atom is 0.0517 e. The number of nitrogens with two attached hydrogens (primary N) is 1. The standard InChI is InChI=1S/C8H18N2O/c1-10-4-3-8(9)7(5-10)6-11-2/h7-8H,3-6,9H2,1-2H3/t7-,8-/m1/s1. The average molecular weight is 158 g/mol. The summed E-state index contributed by atoms with van der Waals surface area (Å²) < 4.78 is 5.09. The zero-order valence-corrected chi connectivity index (χ0v) is 7.42. The predicted octanol–water partition coefficient (Wildman–Crippen LogP) is -0.0882. The molecule has 1 heterocycles. The zero-order valence-electron chi connectivity index (χ0n) is 7.42. The lowest BCUT2D eigenvalue weighted by Gasteiger charge is -2.34. The first-order valence-electron chi connectivity index (χ1n) is 4.17. The Morgan fingerprint density at radius 2 is 2.36 bits per heavy atom. The van der Waals surface area contributed by atoms with Gasteiger partial charge in [0.15, 0.2) is 0 Å². The Kier molecular flexibility index (Phi) is 3.30. The van der Waals surface area contributed by atoms with Crippen molar-refractivity contribution in [2.24, 2.45) is 11.7 Å². The van der Waals surface area contributed by atoms with Crippen molar-refractivity contribution >= 4 is 0 Å². The fraction of sp³-hybridized carbons (Fsp3) is 1.00. The van der Waals surface area contributed by atoms with E-state index in [0.29, 0.717) is 12.0 Å². The molecule has 0 amide bonds. The fourth-order valence-electron chi connectivity index (χ4n) is 1.62. The largest absolute Gasteiger partial charge is 0.384 e. The summed E-state index contributed by atoms with van der Waals surface area (Å²) in [6.45, 7) is 3.00. The number of hydrogen-bond donors (Lipinski definition) is 1. The number of ether oxygens (including phenoxy) is 1. The van der Waals surface area contributed by atoms with E-state index in [1.165, 1.54) is 0 Å². The summed E-state index contributed by atoms with van der Waals surface area (Å²) in [4.78, 5) is 2.31. The van der Waals surface area contributed by atoms with Crippen LogP contribution >= 0.6 is 0 Å². The van der Waals surface area contributed by atoms with Crippen LogP contribution in [0.1, 0.15) is 6.42 Å². The van der Waals surface area contributed by atoms with E-state index in [2.05, 4.69) is 11.9 Å². The second-order valence-electron chi connectivity index (χ2n) is 3.43. The molecule has 1 fully saturated rings. The van der Waals surface area contributed by atoms with E-state index in [-0.39, 0.29) is 0 Å². The smallest absolute Gasteiger partial charge is 0.0517 e. The van der Waals surface area contributed by atoms with E-state index >= 15 is 0 Å². The molecule has 0 saturated carbocycles. The van der Waals surface area contributed by atoms with Crippen molar-refractivity contribution < 1.29 is 4.74 Å². The van der Waals surface area contributed by atoms with Gasteiger partial charge in [0, 0.05) is 25.6 Å². The van der Waals surface area contributed by atoms with Gasteiger partial charge in [-0.05, 0) is 20.0 Å². The minimum Gasteiger partial charge on any atom is -0.384 e. The maximum absolute atomic E-state index is 5.92. The molecule has 2 N–H and O–H groups in total. The molecule has 2 atom stereocenters. The highest BCUT2D eigenvalue weighted by molar-refractivity contribution is 4.80. The monoisotopic (exact) mass is 158 g/mol. The molecule has 3 heteroatoms. The number of nitrogens with zero attached hydrogens (tertiary/aromatic N) is 1. The highest BCUT2D eigenvalue weighted by atomic mass is 16.5. The molecule has 1 saturated heterocycles. The minimum absolute atomic E-state index is 0.339. The Hall–Kier alpha value is -0.120. The fourth-order valence-corrected chi connectivity index (χ4v) is 1.62.